The van der Waals surface area contributed by atoms with Crippen LogP contribution in [0.1, 0.15) is 25.7 Å². The maximum absolute atomic E-state index is 12.8. The quantitative estimate of drug-likeness (QED) is 0.850. The van der Waals surface area contributed by atoms with Crippen molar-refractivity contribution in [3.05, 3.63) is 14.9 Å². The summed E-state index contributed by atoms with van der Waals surface area (Å²) in [7, 11) is -3.43. The van der Waals surface area contributed by atoms with Gasteiger partial charge in [0, 0.05) is 18.6 Å². The summed E-state index contributed by atoms with van der Waals surface area (Å²) in [5.74, 6) is 0. The number of thiophene rings is 1. The Labute approximate surface area is 136 Å². The van der Waals surface area contributed by atoms with Crippen LogP contribution in [0.4, 0.5) is 0 Å². The van der Waals surface area contributed by atoms with E-state index in [0.29, 0.717) is 25.6 Å². The van der Waals surface area contributed by atoms with E-state index in [0.717, 1.165) is 32.2 Å². The number of hydrogen-bond acceptors (Lipinski definition) is 4. The van der Waals surface area contributed by atoms with Gasteiger partial charge in [0.15, 0.2) is 0 Å². The summed E-state index contributed by atoms with van der Waals surface area (Å²) in [5, 5.41) is 3.89. The number of hydrogen-bond donors (Lipinski definition) is 1. The molecule has 2 fully saturated rings. The topological polar surface area (TPSA) is 49.4 Å². The summed E-state index contributed by atoms with van der Waals surface area (Å²) in [6, 6.07) is 1.93. The molecule has 2 aliphatic rings. The normalized spacial score (nSPS) is 28.3. The molecule has 2 unspecified atom stereocenters. The molecule has 1 N–H and O–H groups in total. The minimum atomic E-state index is -3.43. The van der Waals surface area contributed by atoms with Crippen LogP contribution < -0.4 is 5.32 Å². The molecule has 0 bridgehead atoms. The van der Waals surface area contributed by atoms with Crippen molar-refractivity contribution in [2.24, 2.45) is 0 Å². The molecule has 2 atom stereocenters. The fraction of sp³-hybridized carbons (Fsp3) is 0.667. The van der Waals surface area contributed by atoms with Gasteiger partial charge in [-0.1, -0.05) is 11.6 Å². The number of sulfonamides is 1. The van der Waals surface area contributed by atoms with Gasteiger partial charge in [-0.15, -0.1) is 11.3 Å². The van der Waals surface area contributed by atoms with Crippen LogP contribution in [0.25, 0.3) is 0 Å². The third kappa shape index (κ3) is 2.68. The van der Waals surface area contributed by atoms with Gasteiger partial charge in [-0.3, -0.25) is 0 Å². The van der Waals surface area contributed by atoms with Gasteiger partial charge in [0.25, 0.3) is 10.0 Å². The van der Waals surface area contributed by atoms with Crippen molar-refractivity contribution in [3.8, 4) is 0 Å². The van der Waals surface area contributed by atoms with Crippen molar-refractivity contribution in [3.63, 3.8) is 0 Å². The molecule has 0 radical (unpaired) electrons. The van der Waals surface area contributed by atoms with Gasteiger partial charge in [0.1, 0.15) is 4.21 Å². The molecule has 0 aromatic carbocycles. The Kier molecular flexibility index (Phi) is 4.46. The lowest BCUT2D eigenvalue weighted by molar-refractivity contribution is 0.322. The molecule has 8 heteroatoms. The Morgan fingerprint density at radius 2 is 2.20 bits per heavy atom. The second kappa shape index (κ2) is 5.85. The summed E-state index contributed by atoms with van der Waals surface area (Å²) in [4.78, 5) is 0. The highest BCUT2D eigenvalue weighted by Crippen LogP contribution is 2.38. The van der Waals surface area contributed by atoms with Gasteiger partial charge in [-0.05, 0) is 54.2 Å². The Hall–Kier alpha value is 0.340. The zero-order valence-corrected chi connectivity index (χ0v) is 14.8. The lowest BCUT2D eigenvalue weighted by Crippen LogP contribution is -2.46. The summed E-state index contributed by atoms with van der Waals surface area (Å²) < 4.78 is 28.3. The van der Waals surface area contributed by atoms with Crippen molar-refractivity contribution in [1.29, 1.82) is 0 Å². The molecule has 0 aliphatic carbocycles. The SMILES string of the molecule is O=S(=O)(c1cc(Cl)c(Br)s1)N1CCCC1C1CCCN1. The van der Waals surface area contributed by atoms with Gasteiger partial charge < -0.3 is 5.32 Å². The maximum atomic E-state index is 12.8. The molecule has 2 saturated heterocycles. The molecule has 0 spiro atoms. The Balaban J connectivity index is 1.89. The molecule has 4 nitrogen and oxygen atoms in total. The highest BCUT2D eigenvalue weighted by atomic mass is 79.9. The van der Waals surface area contributed by atoms with Crippen molar-refractivity contribution in [2.75, 3.05) is 13.1 Å². The van der Waals surface area contributed by atoms with E-state index in [1.54, 1.807) is 10.4 Å². The summed E-state index contributed by atoms with van der Waals surface area (Å²) in [6.45, 7) is 1.60. The van der Waals surface area contributed by atoms with Gasteiger partial charge in [0.2, 0.25) is 0 Å². The smallest absolute Gasteiger partial charge is 0.252 e. The largest absolute Gasteiger partial charge is 0.312 e. The lowest BCUT2D eigenvalue weighted by Gasteiger charge is -2.28. The van der Waals surface area contributed by atoms with Crippen LogP contribution in [-0.4, -0.2) is 37.9 Å². The predicted molar refractivity (Wildman–Crippen MR) is 85.0 cm³/mol. The van der Waals surface area contributed by atoms with E-state index >= 15 is 0 Å². The van der Waals surface area contributed by atoms with E-state index < -0.39 is 10.0 Å². The second-order valence-corrected chi connectivity index (χ2v) is 10.1. The first-order chi connectivity index (χ1) is 9.50. The van der Waals surface area contributed by atoms with Gasteiger partial charge in [-0.25, -0.2) is 8.42 Å². The average molecular weight is 400 g/mol. The van der Waals surface area contributed by atoms with Gasteiger partial charge in [-0.2, -0.15) is 4.31 Å². The first-order valence-corrected chi connectivity index (χ1v) is 10.1. The van der Waals surface area contributed by atoms with Crippen LogP contribution in [0.5, 0.6) is 0 Å². The van der Waals surface area contributed by atoms with Crippen LogP contribution in [-0.2, 0) is 10.0 Å². The van der Waals surface area contributed by atoms with Crippen molar-refractivity contribution < 1.29 is 8.42 Å². The molecule has 1 aromatic heterocycles. The Morgan fingerprint density at radius 1 is 1.40 bits per heavy atom. The van der Waals surface area contributed by atoms with E-state index in [1.165, 1.54) is 11.3 Å². The van der Waals surface area contributed by atoms with E-state index in [1.807, 2.05) is 0 Å². The standard InChI is InChI=1S/C12H16BrClN2O2S2/c13-12-8(14)7-11(19-12)20(17,18)16-6-2-4-10(16)9-3-1-5-15-9/h7,9-10,15H,1-6H2. The molecular weight excluding hydrogens is 384 g/mol. The van der Waals surface area contributed by atoms with Crippen LogP contribution in [0.15, 0.2) is 14.1 Å². The van der Waals surface area contributed by atoms with Crippen LogP contribution >= 0.6 is 38.9 Å². The minimum absolute atomic E-state index is 0.0853. The first-order valence-electron chi connectivity index (χ1n) is 6.70. The number of rotatable bonds is 3. The highest BCUT2D eigenvalue weighted by Gasteiger charge is 2.41. The molecule has 20 heavy (non-hydrogen) atoms. The minimum Gasteiger partial charge on any atom is -0.312 e. The van der Waals surface area contributed by atoms with E-state index in [9.17, 15) is 8.42 Å². The zero-order chi connectivity index (χ0) is 14.3. The van der Waals surface area contributed by atoms with E-state index in [4.69, 9.17) is 11.6 Å². The molecule has 3 rings (SSSR count). The summed E-state index contributed by atoms with van der Waals surface area (Å²) >= 11 is 10.5. The molecule has 0 amide bonds. The summed E-state index contributed by atoms with van der Waals surface area (Å²) in [6.07, 6.45) is 4.07. The Bertz CT molecular complexity index is 579. The first kappa shape index (κ1) is 15.2. The van der Waals surface area contributed by atoms with Crippen molar-refractivity contribution in [2.45, 2.75) is 42.0 Å². The fourth-order valence-electron chi connectivity index (χ4n) is 3.08. The molecule has 0 saturated carbocycles. The van der Waals surface area contributed by atoms with E-state index in [-0.39, 0.29) is 6.04 Å². The Morgan fingerprint density at radius 3 is 2.80 bits per heavy atom. The van der Waals surface area contributed by atoms with Crippen molar-refractivity contribution in [1.82, 2.24) is 9.62 Å². The zero-order valence-electron chi connectivity index (χ0n) is 10.8. The van der Waals surface area contributed by atoms with E-state index in [2.05, 4.69) is 21.2 Å². The van der Waals surface area contributed by atoms with Crippen molar-refractivity contribution >= 4 is 48.9 Å². The molecule has 3 heterocycles. The second-order valence-electron chi connectivity index (χ2n) is 5.22. The van der Waals surface area contributed by atoms with Gasteiger partial charge in [0.05, 0.1) is 8.81 Å². The van der Waals surface area contributed by atoms with Crippen LogP contribution in [0, 0.1) is 0 Å². The fourth-order valence-corrected chi connectivity index (χ4v) is 7.33. The number of nitrogens with one attached hydrogen (secondary N) is 1. The monoisotopic (exact) mass is 398 g/mol. The molecular formula is C12H16BrClN2O2S2. The maximum Gasteiger partial charge on any atom is 0.252 e. The predicted octanol–water partition coefficient (Wildman–Crippen LogP) is 3.07. The molecule has 2 aliphatic heterocycles. The highest BCUT2D eigenvalue weighted by molar-refractivity contribution is 9.11. The van der Waals surface area contributed by atoms with Gasteiger partial charge >= 0.3 is 0 Å². The lowest BCUT2D eigenvalue weighted by atomic mass is 10.1. The number of nitrogens with zero attached hydrogens (tertiary/aromatic N) is 1. The van der Waals surface area contributed by atoms with Crippen LogP contribution in [0.3, 0.4) is 0 Å². The third-order valence-electron chi connectivity index (χ3n) is 4.00. The summed E-state index contributed by atoms with van der Waals surface area (Å²) in [5.41, 5.74) is 0. The molecule has 112 valence electrons. The average Bonchev–Trinajstić information content (AvgIpc) is 3.10. The number of halogens is 2. The van der Waals surface area contributed by atoms with Crippen LogP contribution in [0.2, 0.25) is 5.02 Å². The third-order valence-corrected chi connectivity index (χ3v) is 8.85. The molecule has 1 aromatic rings.